The van der Waals surface area contributed by atoms with Gasteiger partial charge in [-0.1, -0.05) is 23.7 Å². The highest BCUT2D eigenvalue weighted by Gasteiger charge is 2.27. The van der Waals surface area contributed by atoms with E-state index < -0.39 is 17.7 Å². The van der Waals surface area contributed by atoms with E-state index in [0.717, 1.165) is 32.5 Å². The summed E-state index contributed by atoms with van der Waals surface area (Å²) in [4.78, 5) is 26.8. The average molecular weight is 772 g/mol. The Kier molecular flexibility index (Phi) is 11.7. The minimum absolute atomic E-state index is 0.00181. The summed E-state index contributed by atoms with van der Waals surface area (Å²) in [7, 11) is 2.95. The van der Waals surface area contributed by atoms with Crippen LogP contribution in [0.25, 0.3) is 21.7 Å². The van der Waals surface area contributed by atoms with E-state index in [1.165, 1.54) is 19.2 Å². The zero-order chi connectivity index (χ0) is 35.3. The van der Waals surface area contributed by atoms with Gasteiger partial charge in [-0.2, -0.15) is 0 Å². The zero-order valence-electron chi connectivity index (χ0n) is 27.8. The summed E-state index contributed by atoms with van der Waals surface area (Å²) >= 11 is 11.7. The highest BCUT2D eigenvalue weighted by molar-refractivity contribution is 9.10. The molecule has 1 amide bonds. The summed E-state index contributed by atoms with van der Waals surface area (Å²) < 4.78 is 38.9. The lowest BCUT2D eigenvalue weighted by atomic mass is 10.1. The van der Waals surface area contributed by atoms with Crippen molar-refractivity contribution in [3.63, 3.8) is 0 Å². The second-order valence-electron chi connectivity index (χ2n) is 12.2. The fourth-order valence-electron chi connectivity index (χ4n) is 5.44. The molecule has 0 saturated carbocycles. The lowest BCUT2D eigenvalue weighted by Crippen LogP contribution is -2.32. The average Bonchev–Trinajstić information content (AvgIpc) is 3.38. The van der Waals surface area contributed by atoms with Crippen LogP contribution in [0, 0.1) is 5.82 Å². The van der Waals surface area contributed by atoms with Gasteiger partial charge in [0, 0.05) is 44.5 Å². The molecule has 0 bridgehead atoms. The third-order valence-corrected chi connectivity index (χ3v) is 10.0. The Morgan fingerprint density at radius 2 is 1.78 bits per heavy atom. The molecule has 0 fully saturated rings. The number of rotatable bonds is 12. The van der Waals surface area contributed by atoms with E-state index in [0.29, 0.717) is 51.5 Å². The van der Waals surface area contributed by atoms with Gasteiger partial charge in [-0.05, 0) is 109 Å². The van der Waals surface area contributed by atoms with Gasteiger partial charge < -0.3 is 28.8 Å². The van der Waals surface area contributed by atoms with Gasteiger partial charge in [-0.3, -0.25) is 0 Å². The van der Waals surface area contributed by atoms with Gasteiger partial charge in [0.15, 0.2) is 0 Å². The number of esters is 1. The van der Waals surface area contributed by atoms with E-state index in [-0.39, 0.29) is 18.1 Å². The van der Waals surface area contributed by atoms with Crippen LogP contribution in [0.15, 0.2) is 76.1 Å². The van der Waals surface area contributed by atoms with Crippen LogP contribution in [0.5, 0.6) is 11.5 Å². The number of ether oxygens (including phenoxy) is 4. The van der Waals surface area contributed by atoms with Crippen LogP contribution < -0.4 is 14.8 Å². The van der Waals surface area contributed by atoms with E-state index in [1.807, 2.05) is 47.0 Å². The summed E-state index contributed by atoms with van der Waals surface area (Å²) in [5.74, 6) is 1.26. The predicted molar refractivity (Wildman–Crippen MR) is 196 cm³/mol. The van der Waals surface area contributed by atoms with Crippen molar-refractivity contribution in [2.24, 2.45) is 0 Å². The van der Waals surface area contributed by atoms with Gasteiger partial charge in [0.1, 0.15) is 28.6 Å². The fourth-order valence-corrected chi connectivity index (χ4v) is 7.10. The Morgan fingerprint density at radius 1 is 1.02 bits per heavy atom. The fraction of sp³-hybridized carbons (Fsp3) is 0.297. The molecular formula is C37H37BrClFN2O6S. The van der Waals surface area contributed by atoms with Crippen molar-refractivity contribution in [3.05, 3.63) is 98.9 Å². The summed E-state index contributed by atoms with van der Waals surface area (Å²) in [6.07, 6.45) is -0.106. The Hall–Kier alpha value is -3.93. The van der Waals surface area contributed by atoms with Crippen molar-refractivity contribution in [2.75, 3.05) is 20.8 Å². The number of hydrogen-bond donors (Lipinski definition) is 1. The number of benzene rings is 4. The number of thioether (sulfide) groups is 1. The number of hydrogen-bond acceptors (Lipinski definition) is 7. The normalized spacial score (nSPS) is 11.5. The molecule has 0 aliphatic heterocycles. The van der Waals surface area contributed by atoms with Crippen molar-refractivity contribution in [1.29, 1.82) is 0 Å². The Bertz CT molecular complexity index is 1990. The van der Waals surface area contributed by atoms with Crippen molar-refractivity contribution >= 4 is 73.0 Å². The highest BCUT2D eigenvalue weighted by Crippen LogP contribution is 2.38. The molecule has 0 saturated heterocycles. The minimum atomic E-state index is -0.693. The van der Waals surface area contributed by atoms with Gasteiger partial charge >= 0.3 is 12.1 Å². The smallest absolute Gasteiger partial charge is 0.407 e. The number of aromatic nitrogens is 1. The Balaban J connectivity index is 1.38. The van der Waals surface area contributed by atoms with E-state index in [1.54, 1.807) is 51.8 Å². The molecule has 0 spiro atoms. The molecule has 12 heteroatoms. The molecule has 4 aromatic carbocycles. The first kappa shape index (κ1) is 36.4. The van der Waals surface area contributed by atoms with E-state index in [4.69, 9.17) is 30.5 Å². The van der Waals surface area contributed by atoms with Crippen LogP contribution in [-0.4, -0.2) is 43.1 Å². The van der Waals surface area contributed by atoms with Crippen LogP contribution in [0.3, 0.4) is 0 Å². The zero-order valence-corrected chi connectivity index (χ0v) is 31.0. The number of carbonyl (C=O) groups excluding carboxylic acids is 2. The maximum absolute atomic E-state index is 14.3. The van der Waals surface area contributed by atoms with Gasteiger partial charge in [0.05, 0.1) is 31.4 Å². The van der Waals surface area contributed by atoms with E-state index in [9.17, 15) is 14.0 Å². The standard InChI is InChI=1S/C37H37BrClFN2O6S/c1-37(2,3)48-36(44)41-20-28-32-30(14-13-29(39)33(32)38)42(34(28)35(43)46-5)15-6-16-47-31-19-26(18-23-17-24(40)9-12-27(23)31)49-21-22-7-10-25(45-4)11-8-22/h7-14,17-19H,6,15-16,20-21H2,1-5H3,(H,41,44). The van der Waals surface area contributed by atoms with Gasteiger partial charge in [0.2, 0.25) is 0 Å². The molecular weight excluding hydrogens is 735 g/mol. The third-order valence-electron chi connectivity index (χ3n) is 7.61. The number of nitrogens with zero attached hydrogens (tertiary/aromatic N) is 1. The van der Waals surface area contributed by atoms with Crippen molar-refractivity contribution in [2.45, 2.75) is 56.5 Å². The lowest BCUT2D eigenvalue weighted by molar-refractivity contribution is 0.0517. The topological polar surface area (TPSA) is 88.0 Å². The first-order valence-electron chi connectivity index (χ1n) is 15.5. The summed E-state index contributed by atoms with van der Waals surface area (Å²) in [5.41, 5.74) is 1.99. The van der Waals surface area contributed by atoms with Gasteiger partial charge in [0.25, 0.3) is 0 Å². The first-order valence-corrected chi connectivity index (χ1v) is 17.7. The molecule has 1 aromatic heterocycles. The monoisotopic (exact) mass is 770 g/mol. The summed E-state index contributed by atoms with van der Waals surface area (Å²) in [5, 5.41) is 5.43. The van der Waals surface area contributed by atoms with Crippen LogP contribution in [-0.2, 0) is 28.3 Å². The number of carbonyl (C=O) groups is 2. The number of amides is 1. The second-order valence-corrected chi connectivity index (χ2v) is 14.5. The molecule has 0 unspecified atom stereocenters. The molecule has 1 N–H and O–H groups in total. The van der Waals surface area contributed by atoms with E-state index >= 15 is 0 Å². The molecule has 0 atom stereocenters. The van der Waals surface area contributed by atoms with Gasteiger partial charge in [-0.25, -0.2) is 14.0 Å². The van der Waals surface area contributed by atoms with Gasteiger partial charge in [-0.15, -0.1) is 11.8 Å². The summed E-state index contributed by atoms with van der Waals surface area (Å²) in [6.45, 7) is 6.02. The molecule has 1 heterocycles. The molecule has 0 aliphatic rings. The minimum Gasteiger partial charge on any atom is -0.497 e. The van der Waals surface area contributed by atoms with Crippen molar-refractivity contribution in [1.82, 2.24) is 9.88 Å². The highest BCUT2D eigenvalue weighted by atomic mass is 79.9. The maximum Gasteiger partial charge on any atom is 0.407 e. The molecule has 49 heavy (non-hydrogen) atoms. The molecule has 5 rings (SSSR count). The molecule has 0 aliphatic carbocycles. The number of aryl methyl sites for hydroxylation is 1. The van der Waals surface area contributed by atoms with E-state index in [2.05, 4.69) is 21.2 Å². The first-order chi connectivity index (χ1) is 23.4. The Morgan fingerprint density at radius 3 is 2.47 bits per heavy atom. The molecule has 8 nitrogen and oxygen atoms in total. The third kappa shape index (κ3) is 8.81. The molecule has 0 radical (unpaired) electrons. The number of fused-ring (bicyclic) bond motifs is 2. The molecule has 258 valence electrons. The van der Waals surface area contributed by atoms with Crippen LogP contribution in [0.4, 0.5) is 9.18 Å². The van der Waals surface area contributed by atoms with Crippen LogP contribution >= 0.6 is 39.3 Å². The number of methoxy groups -OCH3 is 2. The number of alkyl carbamates (subject to hydrolysis) is 1. The quantitative estimate of drug-likeness (QED) is 0.0768. The maximum atomic E-state index is 14.3. The number of nitrogens with one attached hydrogen (secondary N) is 1. The second kappa shape index (κ2) is 15.7. The largest absolute Gasteiger partial charge is 0.497 e. The number of halogens is 3. The molecule has 5 aromatic rings. The van der Waals surface area contributed by atoms with Crippen molar-refractivity contribution in [3.8, 4) is 11.5 Å². The van der Waals surface area contributed by atoms with Crippen LogP contribution in [0.2, 0.25) is 5.02 Å². The van der Waals surface area contributed by atoms with Crippen LogP contribution in [0.1, 0.15) is 48.8 Å². The SMILES string of the molecule is COC(=O)c1c(CNC(=O)OC(C)(C)C)c2c(Br)c(Cl)ccc2n1CCCOc1cc(SCc2ccc(OC)cc2)cc2cc(F)ccc12. The summed E-state index contributed by atoms with van der Waals surface area (Å²) in [6, 6.07) is 20.0. The lowest BCUT2D eigenvalue weighted by Gasteiger charge is -2.19. The predicted octanol–water partition coefficient (Wildman–Crippen LogP) is 9.93. The Labute approximate surface area is 302 Å². The van der Waals surface area contributed by atoms with Crippen molar-refractivity contribution < 1.29 is 32.9 Å².